The Morgan fingerprint density at radius 2 is 1.96 bits per heavy atom. The van der Waals surface area contributed by atoms with E-state index < -0.39 is 12.0 Å². The van der Waals surface area contributed by atoms with Gasteiger partial charge in [-0.25, -0.2) is 0 Å². The van der Waals surface area contributed by atoms with Crippen LogP contribution in [0.2, 0.25) is 0 Å². The van der Waals surface area contributed by atoms with E-state index in [4.69, 9.17) is 10.5 Å². The average molecular weight is 358 g/mol. The zero-order valence-corrected chi connectivity index (χ0v) is 15.0. The van der Waals surface area contributed by atoms with E-state index in [1.165, 1.54) is 11.3 Å². The molecule has 0 bridgehead atoms. The lowest BCUT2D eigenvalue weighted by molar-refractivity contribution is -0.122. The Balaban J connectivity index is 1.80. The van der Waals surface area contributed by atoms with E-state index in [9.17, 15) is 9.59 Å². The maximum absolute atomic E-state index is 12.7. The van der Waals surface area contributed by atoms with E-state index in [0.29, 0.717) is 22.7 Å². The molecule has 1 heterocycles. The van der Waals surface area contributed by atoms with Crippen molar-refractivity contribution >= 4 is 28.2 Å². The quantitative estimate of drug-likeness (QED) is 0.829. The van der Waals surface area contributed by atoms with E-state index in [-0.39, 0.29) is 5.91 Å². The van der Waals surface area contributed by atoms with Crippen molar-refractivity contribution in [1.82, 2.24) is 0 Å². The van der Waals surface area contributed by atoms with Crippen LogP contribution in [-0.4, -0.2) is 17.9 Å². The molecule has 0 saturated heterocycles. The van der Waals surface area contributed by atoms with Crippen LogP contribution in [0.1, 0.15) is 47.0 Å². The molecule has 1 atom stereocenters. The third kappa shape index (κ3) is 3.85. The highest BCUT2D eigenvalue weighted by atomic mass is 32.1. The number of nitrogens with one attached hydrogen (secondary N) is 1. The molecular formula is C19H22N2O3S. The molecule has 1 aliphatic rings. The third-order valence-corrected chi connectivity index (χ3v) is 5.55. The van der Waals surface area contributed by atoms with Gasteiger partial charge in [-0.2, -0.15) is 0 Å². The molecule has 0 saturated carbocycles. The minimum Gasteiger partial charge on any atom is -0.481 e. The van der Waals surface area contributed by atoms with E-state index in [1.807, 2.05) is 37.3 Å². The molecule has 1 unspecified atom stereocenters. The lowest BCUT2D eigenvalue weighted by atomic mass is 9.95. The number of nitrogens with two attached hydrogens (primary N) is 1. The highest BCUT2D eigenvalue weighted by molar-refractivity contribution is 7.17. The molecule has 1 aromatic carbocycles. The molecule has 132 valence electrons. The van der Waals surface area contributed by atoms with Crippen molar-refractivity contribution in [2.45, 2.75) is 45.1 Å². The van der Waals surface area contributed by atoms with Gasteiger partial charge < -0.3 is 15.8 Å². The first-order chi connectivity index (χ1) is 12.1. The fraction of sp³-hybridized carbons (Fsp3) is 0.368. The average Bonchev–Trinajstić information content (AvgIpc) is 2.98. The number of anilines is 1. The van der Waals surface area contributed by atoms with Gasteiger partial charge in [0.15, 0.2) is 6.10 Å². The molecule has 6 heteroatoms. The first-order valence-electron chi connectivity index (χ1n) is 8.57. The predicted molar refractivity (Wildman–Crippen MR) is 99.3 cm³/mol. The summed E-state index contributed by atoms with van der Waals surface area (Å²) in [5.74, 6) is -0.0933. The molecule has 2 amide bonds. The standard InChI is InChI=1S/C19H22N2O3S/c1-2-14(24-12-8-4-3-5-9-12)18(23)21-19-16(17(20)22)13-10-6-7-11-15(13)25-19/h3-5,8-9,14H,2,6-7,10-11H2,1H3,(H2,20,22)(H,21,23). The summed E-state index contributed by atoms with van der Waals surface area (Å²) < 4.78 is 5.78. The topological polar surface area (TPSA) is 81.4 Å². The number of amides is 2. The Bertz CT molecular complexity index is 770. The number of fused-ring (bicyclic) bond motifs is 1. The van der Waals surface area contributed by atoms with Crippen molar-refractivity contribution in [2.75, 3.05) is 5.32 Å². The number of carbonyl (C=O) groups is 2. The van der Waals surface area contributed by atoms with Gasteiger partial charge in [0.1, 0.15) is 10.8 Å². The number of carbonyl (C=O) groups excluding carboxylic acids is 2. The summed E-state index contributed by atoms with van der Waals surface area (Å²) in [6, 6.07) is 9.24. The van der Waals surface area contributed by atoms with Crippen LogP contribution in [0.15, 0.2) is 30.3 Å². The minimum atomic E-state index is -0.623. The van der Waals surface area contributed by atoms with Gasteiger partial charge >= 0.3 is 0 Å². The van der Waals surface area contributed by atoms with Gasteiger partial charge in [0.25, 0.3) is 11.8 Å². The Hall–Kier alpha value is -2.34. The Morgan fingerprint density at radius 1 is 1.24 bits per heavy atom. The summed E-state index contributed by atoms with van der Waals surface area (Å²) in [5.41, 5.74) is 7.06. The normalized spacial score (nSPS) is 14.4. The molecule has 1 aliphatic carbocycles. The van der Waals surface area contributed by atoms with Crippen LogP contribution in [0.5, 0.6) is 5.75 Å². The summed E-state index contributed by atoms with van der Waals surface area (Å²) in [5, 5.41) is 3.43. The zero-order chi connectivity index (χ0) is 17.8. The predicted octanol–water partition coefficient (Wildman–Crippen LogP) is 3.52. The molecule has 0 fully saturated rings. The van der Waals surface area contributed by atoms with Gasteiger partial charge in [0, 0.05) is 4.88 Å². The summed E-state index contributed by atoms with van der Waals surface area (Å²) in [7, 11) is 0. The van der Waals surface area contributed by atoms with Crippen molar-refractivity contribution in [3.8, 4) is 5.75 Å². The maximum Gasteiger partial charge on any atom is 0.266 e. The van der Waals surface area contributed by atoms with E-state index in [2.05, 4.69) is 5.32 Å². The molecule has 3 N–H and O–H groups in total. The first-order valence-corrected chi connectivity index (χ1v) is 9.38. The maximum atomic E-state index is 12.7. The van der Waals surface area contributed by atoms with Crippen LogP contribution in [0.25, 0.3) is 0 Å². The fourth-order valence-corrected chi connectivity index (χ4v) is 4.39. The lowest BCUT2D eigenvalue weighted by Gasteiger charge is -2.17. The number of benzene rings is 1. The van der Waals surface area contributed by atoms with E-state index >= 15 is 0 Å². The lowest BCUT2D eigenvalue weighted by Crippen LogP contribution is -2.32. The summed E-state index contributed by atoms with van der Waals surface area (Å²) in [6.07, 6.45) is 3.84. The van der Waals surface area contributed by atoms with Crippen molar-refractivity contribution in [3.05, 3.63) is 46.3 Å². The number of hydrogen-bond acceptors (Lipinski definition) is 4. The van der Waals surface area contributed by atoms with Gasteiger partial charge in [-0.3, -0.25) is 9.59 Å². The fourth-order valence-electron chi connectivity index (χ4n) is 3.09. The molecular weight excluding hydrogens is 336 g/mol. The number of aryl methyl sites for hydroxylation is 1. The van der Waals surface area contributed by atoms with Crippen LogP contribution >= 0.6 is 11.3 Å². The van der Waals surface area contributed by atoms with Crippen molar-refractivity contribution in [2.24, 2.45) is 5.73 Å². The summed E-state index contributed by atoms with van der Waals surface area (Å²) >= 11 is 1.46. The van der Waals surface area contributed by atoms with Gasteiger partial charge in [-0.1, -0.05) is 25.1 Å². The number of para-hydroxylation sites is 1. The molecule has 0 spiro atoms. The van der Waals surface area contributed by atoms with E-state index in [0.717, 1.165) is 36.1 Å². The number of primary amides is 1. The summed E-state index contributed by atoms with van der Waals surface area (Å²) in [4.78, 5) is 25.7. The Labute approximate surface area is 151 Å². The molecule has 0 aliphatic heterocycles. The second kappa shape index (κ2) is 7.70. The zero-order valence-electron chi connectivity index (χ0n) is 14.2. The second-order valence-corrected chi connectivity index (χ2v) is 7.20. The monoisotopic (exact) mass is 358 g/mol. The second-order valence-electron chi connectivity index (χ2n) is 6.10. The number of ether oxygens (including phenoxy) is 1. The highest BCUT2D eigenvalue weighted by Crippen LogP contribution is 2.38. The summed E-state index contributed by atoms with van der Waals surface area (Å²) in [6.45, 7) is 1.89. The molecule has 2 aromatic rings. The molecule has 0 radical (unpaired) electrons. The first kappa shape index (κ1) is 17.5. The number of hydrogen-bond donors (Lipinski definition) is 2. The van der Waals surface area contributed by atoms with E-state index in [1.54, 1.807) is 0 Å². The minimum absolute atomic E-state index is 0.257. The van der Waals surface area contributed by atoms with Crippen molar-refractivity contribution in [1.29, 1.82) is 0 Å². The molecule has 1 aromatic heterocycles. The molecule has 25 heavy (non-hydrogen) atoms. The highest BCUT2D eigenvalue weighted by Gasteiger charge is 2.27. The van der Waals surface area contributed by atoms with Crippen molar-refractivity contribution < 1.29 is 14.3 Å². The number of rotatable bonds is 6. The van der Waals surface area contributed by atoms with Crippen molar-refractivity contribution in [3.63, 3.8) is 0 Å². The third-order valence-electron chi connectivity index (χ3n) is 4.34. The van der Waals surface area contributed by atoms with Crippen LogP contribution in [-0.2, 0) is 17.6 Å². The van der Waals surface area contributed by atoms with Gasteiger partial charge in [0.2, 0.25) is 0 Å². The Morgan fingerprint density at radius 3 is 2.64 bits per heavy atom. The van der Waals surface area contributed by atoms with Crippen LogP contribution in [0.3, 0.4) is 0 Å². The van der Waals surface area contributed by atoms with Gasteiger partial charge in [0.05, 0.1) is 5.56 Å². The SMILES string of the molecule is CCC(Oc1ccccc1)C(=O)Nc1sc2c(c1C(N)=O)CCCC2. The van der Waals surface area contributed by atoms with Crippen LogP contribution in [0.4, 0.5) is 5.00 Å². The smallest absolute Gasteiger partial charge is 0.266 e. The van der Waals surface area contributed by atoms with Crippen LogP contribution < -0.4 is 15.8 Å². The van der Waals surface area contributed by atoms with Gasteiger partial charge in [-0.05, 0) is 49.8 Å². The Kier molecular flexibility index (Phi) is 5.38. The number of thiophene rings is 1. The molecule has 5 nitrogen and oxygen atoms in total. The van der Waals surface area contributed by atoms with Crippen LogP contribution in [0, 0.1) is 0 Å². The van der Waals surface area contributed by atoms with Gasteiger partial charge in [-0.15, -0.1) is 11.3 Å². The largest absolute Gasteiger partial charge is 0.481 e. The molecule has 3 rings (SSSR count).